The van der Waals surface area contributed by atoms with Crippen molar-refractivity contribution in [3.63, 3.8) is 0 Å². The molecular formula is C24H26N6O3. The molecule has 2 heterocycles. The van der Waals surface area contributed by atoms with Gasteiger partial charge in [0.2, 0.25) is 23.5 Å². The second-order valence-corrected chi connectivity index (χ2v) is 7.77. The summed E-state index contributed by atoms with van der Waals surface area (Å²) in [5.74, 6) is 0.200. The SMILES string of the molecule is CC(C)C(NC(=O)CCC(=O)N(CCC#N)c1ccccc1)c1nc(-c2ccncc2)no1. The number of rotatable bonds is 10. The summed E-state index contributed by atoms with van der Waals surface area (Å²) in [5.41, 5.74) is 1.46. The summed E-state index contributed by atoms with van der Waals surface area (Å²) in [6.45, 7) is 4.15. The van der Waals surface area contributed by atoms with Crippen LogP contribution in [0.2, 0.25) is 0 Å². The van der Waals surface area contributed by atoms with E-state index in [0.29, 0.717) is 17.4 Å². The Balaban J connectivity index is 1.62. The first-order valence-corrected chi connectivity index (χ1v) is 10.7. The average Bonchev–Trinajstić information content (AvgIpc) is 3.32. The number of pyridine rings is 1. The van der Waals surface area contributed by atoms with Crippen molar-refractivity contribution in [1.82, 2.24) is 20.4 Å². The summed E-state index contributed by atoms with van der Waals surface area (Å²) in [5, 5.41) is 15.8. The molecule has 9 heteroatoms. The standard InChI is InChI=1S/C24H26N6O3/c1-17(2)22(24-28-23(29-33-24)18-11-14-26-15-12-18)27-20(31)9-10-21(32)30(16-6-13-25)19-7-4-3-5-8-19/h3-5,7-8,11-12,14-15,17,22H,6,9-10,16H2,1-2H3,(H,27,31). The normalized spacial score (nSPS) is 11.6. The van der Waals surface area contributed by atoms with Gasteiger partial charge in [0.05, 0.1) is 12.5 Å². The minimum atomic E-state index is -0.487. The van der Waals surface area contributed by atoms with Crippen molar-refractivity contribution in [3.05, 3.63) is 60.7 Å². The molecular weight excluding hydrogens is 420 g/mol. The van der Waals surface area contributed by atoms with Gasteiger partial charge in [-0.2, -0.15) is 10.2 Å². The third-order valence-corrected chi connectivity index (χ3v) is 5.01. The molecule has 1 N–H and O–H groups in total. The number of amides is 2. The third-order valence-electron chi connectivity index (χ3n) is 5.01. The molecule has 33 heavy (non-hydrogen) atoms. The van der Waals surface area contributed by atoms with Crippen LogP contribution in [0, 0.1) is 17.2 Å². The summed E-state index contributed by atoms with van der Waals surface area (Å²) in [7, 11) is 0. The third kappa shape index (κ3) is 6.46. The molecule has 0 aliphatic rings. The summed E-state index contributed by atoms with van der Waals surface area (Å²) < 4.78 is 5.41. The van der Waals surface area contributed by atoms with Gasteiger partial charge >= 0.3 is 0 Å². The summed E-state index contributed by atoms with van der Waals surface area (Å²) in [6.07, 6.45) is 3.50. The van der Waals surface area contributed by atoms with Crippen LogP contribution in [0.3, 0.4) is 0 Å². The van der Waals surface area contributed by atoms with E-state index in [0.717, 1.165) is 5.56 Å². The highest BCUT2D eigenvalue weighted by molar-refractivity contribution is 5.95. The molecule has 0 bridgehead atoms. The van der Waals surface area contributed by atoms with Gasteiger partial charge in [0.1, 0.15) is 6.04 Å². The Morgan fingerprint density at radius 1 is 1.12 bits per heavy atom. The van der Waals surface area contributed by atoms with Gasteiger partial charge in [-0.05, 0) is 30.2 Å². The van der Waals surface area contributed by atoms with Gasteiger partial charge in [-0.3, -0.25) is 14.6 Å². The summed E-state index contributed by atoms with van der Waals surface area (Å²) in [6, 6.07) is 14.2. The highest BCUT2D eigenvalue weighted by Gasteiger charge is 2.25. The number of carbonyl (C=O) groups excluding carboxylic acids is 2. The van der Waals surface area contributed by atoms with Gasteiger partial charge in [-0.15, -0.1) is 0 Å². The van der Waals surface area contributed by atoms with Crippen molar-refractivity contribution in [2.75, 3.05) is 11.4 Å². The van der Waals surface area contributed by atoms with Crippen LogP contribution in [0.15, 0.2) is 59.4 Å². The smallest absolute Gasteiger partial charge is 0.249 e. The number of hydrogen-bond acceptors (Lipinski definition) is 7. The first-order chi connectivity index (χ1) is 16.0. The zero-order chi connectivity index (χ0) is 23.6. The number of nitriles is 1. The van der Waals surface area contributed by atoms with E-state index in [1.807, 2.05) is 32.0 Å². The molecule has 1 unspecified atom stereocenters. The van der Waals surface area contributed by atoms with Crippen molar-refractivity contribution in [1.29, 1.82) is 5.26 Å². The predicted octanol–water partition coefficient (Wildman–Crippen LogP) is 3.67. The van der Waals surface area contributed by atoms with Gasteiger partial charge < -0.3 is 14.7 Å². The number of aromatic nitrogens is 3. The molecule has 0 spiro atoms. The maximum atomic E-state index is 12.8. The maximum Gasteiger partial charge on any atom is 0.249 e. The van der Waals surface area contributed by atoms with Crippen molar-refractivity contribution >= 4 is 17.5 Å². The zero-order valence-electron chi connectivity index (χ0n) is 18.6. The van der Waals surface area contributed by atoms with Gasteiger partial charge in [-0.1, -0.05) is 37.2 Å². The quantitative estimate of drug-likeness (QED) is 0.504. The molecule has 2 amide bonds. The van der Waals surface area contributed by atoms with Crippen LogP contribution in [0.5, 0.6) is 0 Å². The Morgan fingerprint density at radius 2 is 1.85 bits per heavy atom. The fraction of sp³-hybridized carbons (Fsp3) is 0.333. The molecule has 170 valence electrons. The molecule has 0 saturated carbocycles. The van der Waals surface area contributed by atoms with Crippen molar-refractivity contribution in [2.45, 2.75) is 39.2 Å². The van der Waals surface area contributed by atoms with Crippen LogP contribution < -0.4 is 10.2 Å². The molecule has 2 aromatic heterocycles. The zero-order valence-corrected chi connectivity index (χ0v) is 18.6. The number of nitrogens with zero attached hydrogens (tertiary/aromatic N) is 5. The molecule has 0 radical (unpaired) electrons. The number of hydrogen-bond donors (Lipinski definition) is 1. The van der Waals surface area contributed by atoms with E-state index in [2.05, 4.69) is 26.5 Å². The molecule has 0 fully saturated rings. The maximum absolute atomic E-state index is 12.8. The van der Waals surface area contributed by atoms with Crippen LogP contribution in [-0.2, 0) is 9.59 Å². The van der Waals surface area contributed by atoms with Crippen LogP contribution in [0.4, 0.5) is 5.69 Å². The first-order valence-electron chi connectivity index (χ1n) is 10.7. The van der Waals surface area contributed by atoms with E-state index in [9.17, 15) is 9.59 Å². The monoisotopic (exact) mass is 446 g/mol. The lowest BCUT2D eigenvalue weighted by Gasteiger charge is -2.22. The largest absolute Gasteiger partial charge is 0.344 e. The van der Waals surface area contributed by atoms with Crippen LogP contribution in [0.1, 0.15) is 45.0 Å². The molecule has 9 nitrogen and oxygen atoms in total. The fourth-order valence-electron chi connectivity index (χ4n) is 3.26. The number of para-hydroxylation sites is 1. The number of anilines is 1. The molecule has 0 aliphatic heterocycles. The van der Waals surface area contributed by atoms with E-state index in [-0.39, 0.29) is 43.5 Å². The van der Waals surface area contributed by atoms with E-state index in [4.69, 9.17) is 9.78 Å². The molecule has 1 aromatic carbocycles. The number of benzene rings is 1. The average molecular weight is 447 g/mol. The fourth-order valence-corrected chi connectivity index (χ4v) is 3.26. The molecule has 0 aliphatic carbocycles. The summed E-state index contributed by atoms with van der Waals surface area (Å²) in [4.78, 5) is 35.4. The van der Waals surface area contributed by atoms with Crippen LogP contribution >= 0.6 is 0 Å². The first kappa shape index (κ1) is 23.6. The lowest BCUT2D eigenvalue weighted by Crippen LogP contribution is -2.35. The van der Waals surface area contributed by atoms with E-state index in [1.54, 1.807) is 36.7 Å². The predicted molar refractivity (Wildman–Crippen MR) is 122 cm³/mol. The summed E-state index contributed by atoms with van der Waals surface area (Å²) >= 11 is 0. The minimum Gasteiger partial charge on any atom is -0.344 e. The topological polar surface area (TPSA) is 125 Å². The molecule has 0 saturated heterocycles. The second kappa shape index (κ2) is 11.5. The Labute approximate surface area is 192 Å². The van der Waals surface area contributed by atoms with E-state index in [1.165, 1.54) is 4.90 Å². The highest BCUT2D eigenvalue weighted by Crippen LogP contribution is 2.23. The van der Waals surface area contributed by atoms with Gasteiger partial charge in [0.15, 0.2) is 0 Å². The lowest BCUT2D eigenvalue weighted by molar-refractivity contribution is -0.126. The number of carbonyl (C=O) groups is 2. The van der Waals surface area contributed by atoms with E-state index >= 15 is 0 Å². The second-order valence-electron chi connectivity index (χ2n) is 7.77. The van der Waals surface area contributed by atoms with Crippen molar-refractivity contribution in [3.8, 4) is 17.5 Å². The number of nitrogens with one attached hydrogen (secondary N) is 1. The van der Waals surface area contributed by atoms with Gasteiger partial charge in [-0.25, -0.2) is 0 Å². The Hall–Kier alpha value is -4.06. The van der Waals surface area contributed by atoms with Crippen molar-refractivity contribution < 1.29 is 14.1 Å². The van der Waals surface area contributed by atoms with Crippen LogP contribution in [-0.4, -0.2) is 33.5 Å². The van der Waals surface area contributed by atoms with Crippen LogP contribution in [0.25, 0.3) is 11.4 Å². The molecule has 1 atom stereocenters. The van der Waals surface area contributed by atoms with Gasteiger partial charge in [0, 0.05) is 43.0 Å². The Kier molecular flexibility index (Phi) is 8.24. The molecule has 3 rings (SSSR count). The Morgan fingerprint density at radius 3 is 2.52 bits per heavy atom. The lowest BCUT2D eigenvalue weighted by atomic mass is 10.0. The highest BCUT2D eigenvalue weighted by atomic mass is 16.5. The Bertz CT molecular complexity index is 1090. The van der Waals surface area contributed by atoms with Crippen molar-refractivity contribution in [2.24, 2.45) is 5.92 Å². The van der Waals surface area contributed by atoms with E-state index < -0.39 is 6.04 Å². The van der Waals surface area contributed by atoms with Gasteiger partial charge in [0.25, 0.3) is 0 Å². The minimum absolute atomic E-state index is 0.00326. The molecule has 3 aromatic rings.